The van der Waals surface area contributed by atoms with E-state index in [9.17, 15) is 4.79 Å². The number of benzene rings is 1. The zero-order chi connectivity index (χ0) is 16.2. The van der Waals surface area contributed by atoms with Crippen molar-refractivity contribution >= 4 is 40.6 Å². The second-order valence-corrected chi connectivity index (χ2v) is 6.70. The van der Waals surface area contributed by atoms with Crippen molar-refractivity contribution in [1.82, 2.24) is 5.32 Å². The van der Waals surface area contributed by atoms with Gasteiger partial charge in [-0.15, -0.1) is 0 Å². The van der Waals surface area contributed by atoms with Gasteiger partial charge in [-0.05, 0) is 50.2 Å². The van der Waals surface area contributed by atoms with Gasteiger partial charge in [-0.1, -0.05) is 30.9 Å². The van der Waals surface area contributed by atoms with Crippen LogP contribution in [0.1, 0.15) is 49.4 Å². The van der Waals surface area contributed by atoms with Gasteiger partial charge in [-0.2, -0.15) is 0 Å². The van der Waals surface area contributed by atoms with Crippen LogP contribution in [-0.2, 0) is 4.74 Å². The molecule has 1 fully saturated rings. The molecule has 6 heteroatoms. The molecule has 0 aliphatic heterocycles. The minimum Gasteiger partial charge on any atom is -0.465 e. The van der Waals surface area contributed by atoms with Gasteiger partial charge in [-0.3, -0.25) is 0 Å². The minimum absolute atomic E-state index is 0.0416. The second kappa shape index (κ2) is 7.29. The number of thiocarbonyl (C=S) groups is 1. The summed E-state index contributed by atoms with van der Waals surface area (Å²) in [5.74, 6) is -0.466. The molecule has 0 spiro atoms. The number of hydrogen-bond donors (Lipinski definition) is 2. The van der Waals surface area contributed by atoms with Crippen LogP contribution in [0.5, 0.6) is 0 Å². The van der Waals surface area contributed by atoms with Crippen LogP contribution >= 0.6 is 23.8 Å². The zero-order valence-corrected chi connectivity index (χ0v) is 14.4. The lowest BCUT2D eigenvalue weighted by atomic mass is 9.83. The molecule has 0 atom stereocenters. The van der Waals surface area contributed by atoms with Crippen LogP contribution in [0.4, 0.5) is 5.69 Å². The molecule has 1 saturated carbocycles. The summed E-state index contributed by atoms with van der Waals surface area (Å²) in [6, 6.07) is 5.08. The van der Waals surface area contributed by atoms with Gasteiger partial charge >= 0.3 is 5.97 Å². The molecule has 0 amide bonds. The van der Waals surface area contributed by atoms with Gasteiger partial charge in [0.1, 0.15) is 0 Å². The number of carbonyl (C=O) groups is 1. The fourth-order valence-electron chi connectivity index (χ4n) is 2.76. The van der Waals surface area contributed by atoms with Gasteiger partial charge in [0.05, 0.1) is 17.7 Å². The summed E-state index contributed by atoms with van der Waals surface area (Å²) in [5, 5.41) is 7.42. The van der Waals surface area contributed by atoms with Crippen molar-refractivity contribution in [2.75, 3.05) is 12.4 Å². The molecule has 0 radical (unpaired) electrons. The van der Waals surface area contributed by atoms with Crippen LogP contribution in [0.15, 0.2) is 18.2 Å². The first-order valence-corrected chi connectivity index (χ1v) is 8.19. The topological polar surface area (TPSA) is 50.4 Å². The Hall–Kier alpha value is -1.33. The quantitative estimate of drug-likeness (QED) is 0.640. The molecule has 4 nitrogen and oxygen atoms in total. The molecule has 1 aliphatic rings. The maximum atomic E-state index is 11.7. The van der Waals surface area contributed by atoms with Crippen molar-refractivity contribution in [2.45, 2.75) is 44.6 Å². The van der Waals surface area contributed by atoms with Crippen LogP contribution in [0.3, 0.4) is 0 Å². The average Bonchev–Trinajstić information content (AvgIpc) is 2.48. The molecule has 2 rings (SSSR count). The summed E-state index contributed by atoms with van der Waals surface area (Å²) in [5.41, 5.74) is 1.07. The maximum absolute atomic E-state index is 11.7. The van der Waals surface area contributed by atoms with Crippen molar-refractivity contribution in [2.24, 2.45) is 0 Å². The van der Waals surface area contributed by atoms with E-state index in [2.05, 4.69) is 17.6 Å². The molecule has 0 aromatic heterocycles. The van der Waals surface area contributed by atoms with E-state index in [-0.39, 0.29) is 5.54 Å². The maximum Gasteiger partial charge on any atom is 0.339 e. The molecule has 2 N–H and O–H groups in total. The van der Waals surface area contributed by atoms with Crippen LogP contribution in [0.2, 0.25) is 5.02 Å². The summed E-state index contributed by atoms with van der Waals surface area (Å²) in [7, 11) is 1.33. The molecule has 120 valence electrons. The third-order valence-electron chi connectivity index (χ3n) is 4.00. The lowest BCUT2D eigenvalue weighted by Crippen LogP contribution is -2.48. The van der Waals surface area contributed by atoms with Crippen molar-refractivity contribution in [3.05, 3.63) is 28.8 Å². The molecule has 0 unspecified atom stereocenters. The molecule has 0 heterocycles. The number of nitrogens with one attached hydrogen (secondary N) is 2. The Bertz CT molecular complexity index is 571. The largest absolute Gasteiger partial charge is 0.465 e. The van der Waals surface area contributed by atoms with E-state index in [1.165, 1.54) is 26.4 Å². The van der Waals surface area contributed by atoms with Gasteiger partial charge in [0.2, 0.25) is 0 Å². The normalized spacial score (nSPS) is 16.7. The van der Waals surface area contributed by atoms with Crippen LogP contribution in [0, 0.1) is 0 Å². The Balaban J connectivity index is 2.04. The molecule has 22 heavy (non-hydrogen) atoms. The van der Waals surface area contributed by atoms with E-state index in [0.29, 0.717) is 21.4 Å². The van der Waals surface area contributed by atoms with E-state index < -0.39 is 5.97 Å². The molecule has 0 bridgehead atoms. The standard InChI is InChI=1S/C16H21ClN2O2S/c1-16(8-4-3-5-9-16)19-15(22)18-11-6-7-13(17)12(10-11)14(20)21-2/h6-7,10H,3-5,8-9H2,1-2H3,(H2,18,19,22). The van der Waals surface area contributed by atoms with Crippen molar-refractivity contribution < 1.29 is 9.53 Å². The third-order valence-corrected chi connectivity index (χ3v) is 4.54. The molecular weight excluding hydrogens is 320 g/mol. The highest BCUT2D eigenvalue weighted by atomic mass is 35.5. The first kappa shape index (κ1) is 17.0. The minimum atomic E-state index is -0.466. The smallest absolute Gasteiger partial charge is 0.339 e. The number of rotatable bonds is 3. The summed E-state index contributed by atoms with van der Waals surface area (Å²) >= 11 is 11.4. The van der Waals surface area contributed by atoms with Gasteiger partial charge in [-0.25, -0.2) is 4.79 Å². The lowest BCUT2D eigenvalue weighted by Gasteiger charge is -2.35. The molecular formula is C16H21ClN2O2S. The van der Waals surface area contributed by atoms with Crippen molar-refractivity contribution in [3.63, 3.8) is 0 Å². The van der Waals surface area contributed by atoms with E-state index in [0.717, 1.165) is 12.8 Å². The second-order valence-electron chi connectivity index (χ2n) is 5.89. The van der Waals surface area contributed by atoms with E-state index in [1.807, 2.05) is 0 Å². The van der Waals surface area contributed by atoms with E-state index in [4.69, 9.17) is 28.6 Å². The Labute approximate surface area is 141 Å². The monoisotopic (exact) mass is 340 g/mol. The van der Waals surface area contributed by atoms with Crippen LogP contribution in [-0.4, -0.2) is 23.7 Å². The summed E-state index contributed by atoms with van der Waals surface area (Å²) in [6.45, 7) is 2.20. The molecule has 0 saturated heterocycles. The fourth-order valence-corrected chi connectivity index (χ4v) is 3.32. The summed E-state index contributed by atoms with van der Waals surface area (Å²) < 4.78 is 4.71. The first-order chi connectivity index (χ1) is 10.4. The summed E-state index contributed by atoms with van der Waals surface area (Å²) in [4.78, 5) is 11.7. The van der Waals surface area contributed by atoms with Gasteiger partial charge in [0, 0.05) is 11.2 Å². The fraction of sp³-hybridized carbons (Fsp3) is 0.500. The highest BCUT2D eigenvalue weighted by Gasteiger charge is 2.27. The zero-order valence-electron chi connectivity index (χ0n) is 12.9. The predicted molar refractivity (Wildman–Crippen MR) is 93.6 cm³/mol. The predicted octanol–water partition coefficient (Wildman–Crippen LogP) is 4.14. The van der Waals surface area contributed by atoms with E-state index in [1.54, 1.807) is 18.2 Å². The summed E-state index contributed by atoms with van der Waals surface area (Å²) in [6.07, 6.45) is 5.96. The number of anilines is 1. The molecule has 1 aromatic carbocycles. The van der Waals surface area contributed by atoms with E-state index >= 15 is 0 Å². The number of hydrogen-bond acceptors (Lipinski definition) is 3. The number of ether oxygens (including phenoxy) is 1. The van der Waals surface area contributed by atoms with Gasteiger partial charge in [0.15, 0.2) is 5.11 Å². The van der Waals surface area contributed by atoms with Crippen molar-refractivity contribution in [1.29, 1.82) is 0 Å². The molecule has 1 aliphatic carbocycles. The Kier molecular flexibility index (Phi) is 5.64. The Morgan fingerprint density at radius 2 is 2.00 bits per heavy atom. The third kappa shape index (κ3) is 4.34. The average molecular weight is 341 g/mol. The number of carbonyl (C=O) groups excluding carboxylic acids is 1. The Morgan fingerprint density at radius 3 is 2.64 bits per heavy atom. The SMILES string of the molecule is COC(=O)c1cc(NC(=S)NC2(C)CCCCC2)ccc1Cl. The molecule has 1 aromatic rings. The first-order valence-electron chi connectivity index (χ1n) is 7.40. The lowest BCUT2D eigenvalue weighted by molar-refractivity contribution is 0.0601. The highest BCUT2D eigenvalue weighted by Crippen LogP contribution is 2.28. The van der Waals surface area contributed by atoms with Crippen LogP contribution < -0.4 is 10.6 Å². The number of methoxy groups -OCH3 is 1. The van der Waals surface area contributed by atoms with Gasteiger partial charge < -0.3 is 15.4 Å². The van der Waals surface area contributed by atoms with Crippen LogP contribution in [0.25, 0.3) is 0 Å². The highest BCUT2D eigenvalue weighted by molar-refractivity contribution is 7.80. The number of esters is 1. The van der Waals surface area contributed by atoms with Gasteiger partial charge in [0.25, 0.3) is 0 Å². The number of halogens is 1. The van der Waals surface area contributed by atoms with Crippen molar-refractivity contribution in [3.8, 4) is 0 Å². The Morgan fingerprint density at radius 1 is 1.32 bits per heavy atom.